The van der Waals surface area contributed by atoms with Crippen molar-refractivity contribution in [1.29, 1.82) is 0 Å². The molecule has 2 aliphatic heterocycles. The molecular formula is C47H48BN4Na3O19PS3. The second kappa shape index (κ2) is 36.1. The predicted molar refractivity (Wildman–Crippen MR) is 270 cm³/mol. The van der Waals surface area contributed by atoms with E-state index in [-0.39, 0.29) is 144 Å². The van der Waals surface area contributed by atoms with Crippen LogP contribution in [0, 0.1) is 29.7 Å². The number of aromatic nitrogens is 4. The Morgan fingerprint density at radius 1 is 0.769 bits per heavy atom. The molecule has 5 aromatic rings. The monoisotopic (exact) mass is 1180 g/mol. The van der Waals surface area contributed by atoms with Gasteiger partial charge >= 0.3 is 111 Å². The van der Waals surface area contributed by atoms with E-state index < -0.39 is 92.0 Å². The van der Waals surface area contributed by atoms with Crippen molar-refractivity contribution >= 4 is 63.1 Å². The zero-order chi connectivity index (χ0) is 54.8. The number of H-pyrrole nitrogens is 2. The Bertz CT molecular complexity index is 3420. The molecule has 0 saturated carbocycles. The van der Waals surface area contributed by atoms with Crippen LogP contribution in [-0.4, -0.2) is 126 Å². The van der Waals surface area contributed by atoms with Crippen molar-refractivity contribution in [2.24, 2.45) is 0 Å². The number of rotatable bonds is 12. The molecule has 3 radical (unpaired) electrons. The van der Waals surface area contributed by atoms with Crippen LogP contribution < -0.4 is 127 Å². The second-order valence-corrected chi connectivity index (χ2v) is 20.6. The van der Waals surface area contributed by atoms with Gasteiger partial charge in [-0.2, -0.15) is 30.3 Å². The smallest absolute Gasteiger partial charge is 0.744 e. The van der Waals surface area contributed by atoms with E-state index in [1.54, 1.807) is 42.5 Å². The number of benzene rings is 3. The summed E-state index contributed by atoms with van der Waals surface area (Å²) in [7, 11) is -13.8. The van der Waals surface area contributed by atoms with Gasteiger partial charge in [-0.25, -0.2) is 26.4 Å². The maximum absolute atomic E-state index is 12.0. The molecular weight excluding hydrogens is 1130 g/mol. The quantitative estimate of drug-likeness (QED) is 0.0193. The summed E-state index contributed by atoms with van der Waals surface area (Å²) in [5.41, 5.74) is -1.92. The molecule has 0 aliphatic carbocycles. The minimum absolute atomic E-state index is 0. The Morgan fingerprint density at radius 2 is 1.21 bits per heavy atom. The van der Waals surface area contributed by atoms with Crippen molar-refractivity contribution in [2.75, 3.05) is 19.8 Å². The fourth-order valence-electron chi connectivity index (χ4n) is 6.92. The van der Waals surface area contributed by atoms with Gasteiger partial charge in [-0.3, -0.25) is 28.7 Å². The number of aliphatic hydroxyl groups excluding tert-OH is 3. The molecule has 2 aromatic heterocycles. The minimum Gasteiger partial charge on any atom is -0.744 e. The van der Waals surface area contributed by atoms with Crippen LogP contribution in [0.15, 0.2) is 127 Å². The van der Waals surface area contributed by atoms with Crippen molar-refractivity contribution in [2.45, 2.75) is 86.2 Å². The van der Waals surface area contributed by atoms with Crippen LogP contribution in [0.4, 0.5) is 0 Å². The first-order valence-corrected chi connectivity index (χ1v) is 27.0. The zero-order valence-corrected chi connectivity index (χ0v) is 52.1. The molecule has 7 rings (SSSR count). The molecule has 2 saturated heterocycles. The summed E-state index contributed by atoms with van der Waals surface area (Å²) in [5.74, 6) is 10.9. The first-order valence-electron chi connectivity index (χ1n) is 21.8. The predicted octanol–water partition coefficient (Wildman–Crippen LogP) is -10.2. The van der Waals surface area contributed by atoms with Crippen LogP contribution in [0.3, 0.4) is 0 Å². The van der Waals surface area contributed by atoms with Gasteiger partial charge in [0.1, 0.15) is 56.0 Å². The van der Waals surface area contributed by atoms with Gasteiger partial charge in [0.15, 0.2) is 0 Å². The summed E-state index contributed by atoms with van der Waals surface area (Å²) in [6.45, 7) is 7.05. The molecule has 4 heterocycles. The van der Waals surface area contributed by atoms with Crippen molar-refractivity contribution in [3.63, 3.8) is 0 Å². The Hall–Kier alpha value is -3.43. The summed E-state index contributed by atoms with van der Waals surface area (Å²) >= 11 is 0. The maximum atomic E-state index is 12.0. The third kappa shape index (κ3) is 22.5. The number of nitrogens with zero attached hydrogens (tertiary/aromatic N) is 2. The largest absolute Gasteiger partial charge is 1.00 e. The summed E-state index contributed by atoms with van der Waals surface area (Å²) in [4.78, 5) is 50.8. The summed E-state index contributed by atoms with van der Waals surface area (Å²) in [6.07, 6.45) is 2.21. The SMILES string of the molecule is C=CCO[C@@H]1C[C@H](n2cc(C#CCC)c(=O)[nH]c2=O)O[C@@H]1CO.CCC#Cc1cn([C@H]2C[C@@H](O)[C@@H](CO)O2)c(=O)[nH]c1=O.O=S(=O)([O-])c1cccc(P(c2c[c-]ccc2)c2cccc(S(=O)(=O)[O-])c2)c1.O=S(=O)=O.[B].[Na+].[Na+].[Na+]. The van der Waals surface area contributed by atoms with Gasteiger partial charge in [0.25, 0.3) is 11.1 Å². The van der Waals surface area contributed by atoms with Crippen LogP contribution >= 0.6 is 7.92 Å². The number of aliphatic hydroxyl groups is 3. The zero-order valence-electron chi connectivity index (χ0n) is 42.8. The number of aromatic amines is 2. The molecule has 0 amide bonds. The van der Waals surface area contributed by atoms with E-state index in [0.717, 1.165) is 5.30 Å². The first-order chi connectivity index (χ1) is 35.1. The van der Waals surface area contributed by atoms with Crippen molar-refractivity contribution in [1.82, 2.24) is 19.1 Å². The molecule has 2 fully saturated rings. The average molecular weight is 1180 g/mol. The fraction of sp³-hybridized carbons (Fsp3) is 0.319. The van der Waals surface area contributed by atoms with Crippen LogP contribution in [0.25, 0.3) is 0 Å². The standard InChI is InChI=1S/C18H14O6PS2.C16H20N2O5.C13H16N2O5.B.3Na.O3S/c19-26(20,21)17-10-4-8-15(12-17)25(14-6-2-1-3-7-14)16-9-5-11-18(13-16)27(22,23)24;1-3-5-6-11-9-18(16(21)17-15(11)20)14-8-12(22-7-4-2)13(10-19)23-14;1-2-3-4-8-6-15(13(19)14-12(8)18)11-5-9(17)10(7-16)20-11;;;;;1-4(2)3/h1-2,4-13H,(H,19,20,21)(H,22,23,24);4,9,12-14,19H,2-3,7-8,10H2,1H3,(H,17,20,21);6,9-11,16-17H,2,5,7H2,1H3,(H,14,18,19);;;;;/q-1;;;;3*+1;/p-2/t;12-,13-,14-;9-,10-,11-;;;;;/m.11...../s1. The van der Waals surface area contributed by atoms with Gasteiger partial charge in [0, 0.05) is 46.5 Å². The normalized spacial score (nSPS) is 17.9. The van der Waals surface area contributed by atoms with E-state index in [1.807, 2.05) is 13.8 Å². The van der Waals surface area contributed by atoms with Crippen molar-refractivity contribution < 1.29 is 157 Å². The van der Waals surface area contributed by atoms with Gasteiger partial charge in [-0.1, -0.05) is 75.8 Å². The van der Waals surface area contributed by atoms with E-state index >= 15 is 0 Å². The van der Waals surface area contributed by atoms with E-state index in [2.05, 4.69) is 46.3 Å². The Labute approximate surface area is 520 Å². The van der Waals surface area contributed by atoms with Gasteiger partial charge in [-0.15, -0.1) is 24.5 Å². The van der Waals surface area contributed by atoms with Crippen molar-refractivity contribution in [3.8, 4) is 23.7 Å². The molecule has 0 spiro atoms. The molecule has 5 N–H and O–H groups in total. The molecule has 31 heteroatoms. The van der Waals surface area contributed by atoms with E-state index in [9.17, 15) is 55.3 Å². The van der Waals surface area contributed by atoms with Crippen LogP contribution in [0.1, 0.15) is 63.1 Å². The first kappa shape index (κ1) is 74.6. The second-order valence-electron chi connectivity index (χ2n) is 15.3. The van der Waals surface area contributed by atoms with Gasteiger partial charge in [-0.05, 0) is 34.9 Å². The Morgan fingerprint density at radius 3 is 1.59 bits per heavy atom. The van der Waals surface area contributed by atoms with E-state index in [4.69, 9.17) is 31.9 Å². The van der Waals surface area contributed by atoms with Crippen molar-refractivity contribution in [3.05, 3.63) is 157 Å². The van der Waals surface area contributed by atoms with Gasteiger partial charge < -0.3 is 38.6 Å². The Balaban J connectivity index is 0.00000108. The van der Waals surface area contributed by atoms with Crippen LogP contribution in [-0.2, 0) is 45.1 Å². The van der Waals surface area contributed by atoms with E-state index in [1.165, 1.54) is 57.9 Å². The molecule has 23 nitrogen and oxygen atoms in total. The number of ether oxygens (including phenoxy) is 3. The number of hydrogen-bond donors (Lipinski definition) is 5. The van der Waals surface area contributed by atoms with E-state index in [0.29, 0.717) is 36.5 Å². The summed E-state index contributed by atoms with van der Waals surface area (Å²) < 4.78 is 113. The number of hydrogen-bond acceptors (Lipinski definition) is 19. The fourth-order valence-corrected chi connectivity index (χ4v) is 10.5. The number of nitrogens with one attached hydrogen (secondary N) is 2. The molecule has 78 heavy (non-hydrogen) atoms. The maximum Gasteiger partial charge on any atom is 1.00 e. The molecule has 2 aliphatic rings. The summed E-state index contributed by atoms with van der Waals surface area (Å²) in [6, 6.07) is 21.0. The van der Waals surface area contributed by atoms with Crippen LogP contribution in [0.5, 0.6) is 0 Å². The molecule has 0 unspecified atom stereocenters. The average Bonchev–Trinajstić information content (AvgIpc) is 3.95. The molecule has 6 atom stereocenters. The summed E-state index contributed by atoms with van der Waals surface area (Å²) in [5, 5.41) is 29.9. The third-order valence-electron chi connectivity index (χ3n) is 10.2. The topological polar surface area (TPSA) is 364 Å². The molecule has 399 valence electrons. The molecule has 3 aromatic carbocycles. The Kier molecular flexibility index (Phi) is 34.5. The van der Waals surface area contributed by atoms with Gasteiger partial charge in [0.05, 0.1) is 41.8 Å². The minimum atomic E-state index is -4.65. The molecule has 0 bridgehead atoms. The third-order valence-corrected chi connectivity index (χ3v) is 14.3. The van der Waals surface area contributed by atoms with Gasteiger partial charge in [0.2, 0.25) is 0 Å². The van der Waals surface area contributed by atoms with Crippen LogP contribution in [0.2, 0.25) is 0 Å².